The van der Waals surface area contributed by atoms with Gasteiger partial charge in [0.25, 0.3) is 0 Å². The average Bonchev–Trinajstić information content (AvgIpc) is 2.61. The minimum atomic E-state index is 0. The zero-order valence-electron chi connectivity index (χ0n) is 21.0. The molecule has 0 aliphatic heterocycles. The van der Waals surface area contributed by atoms with E-state index in [9.17, 15) is 0 Å². The molecule has 0 nitrogen and oxygen atoms in total. The summed E-state index contributed by atoms with van der Waals surface area (Å²) >= 11 is 0. The minimum Gasteiger partial charge on any atom is -0.0776 e. The lowest BCUT2D eigenvalue weighted by atomic mass is 9.71. The minimum absolute atomic E-state index is 0. The lowest BCUT2D eigenvalue weighted by molar-refractivity contribution is 0.165. The Balaban J connectivity index is -0.0000000368. The normalized spacial score (nSPS) is 12.6. The molecule has 0 amide bonds. The second-order valence-corrected chi connectivity index (χ2v) is 5.35. The highest BCUT2D eigenvalue weighted by Crippen LogP contribution is 2.37. The van der Waals surface area contributed by atoms with Crippen molar-refractivity contribution in [1.82, 2.24) is 0 Å². The molecule has 0 heteroatoms. The molecule has 0 saturated heterocycles. The Labute approximate surface area is 168 Å². The molecule has 164 valence electrons. The van der Waals surface area contributed by atoms with E-state index in [2.05, 4.69) is 48.5 Å². The fourth-order valence-corrected chi connectivity index (χ4v) is 1.80. The van der Waals surface area contributed by atoms with Crippen LogP contribution in [0.3, 0.4) is 0 Å². The molecule has 1 aliphatic carbocycles. The lowest BCUT2D eigenvalue weighted by Gasteiger charge is -2.34. The van der Waals surface area contributed by atoms with E-state index in [1.807, 2.05) is 55.4 Å². The summed E-state index contributed by atoms with van der Waals surface area (Å²) < 4.78 is 0. The average molecular weight is 365 g/mol. The van der Waals surface area contributed by atoms with E-state index in [0.717, 1.165) is 17.8 Å². The van der Waals surface area contributed by atoms with Crippen molar-refractivity contribution in [1.29, 1.82) is 0 Å². The van der Waals surface area contributed by atoms with Crippen LogP contribution in [0.5, 0.6) is 0 Å². The van der Waals surface area contributed by atoms with Crippen molar-refractivity contribution in [3.05, 3.63) is 0 Å². The maximum Gasteiger partial charge on any atom is -0.0386 e. The molecular formula is C25H64. The first kappa shape index (κ1) is 44.4. The van der Waals surface area contributed by atoms with Crippen LogP contribution in [0.25, 0.3) is 0 Å². The van der Waals surface area contributed by atoms with Crippen LogP contribution in [0.4, 0.5) is 0 Å². The molecule has 0 spiro atoms. The number of hydrogen-bond donors (Lipinski definition) is 0. The van der Waals surface area contributed by atoms with Crippen LogP contribution >= 0.6 is 0 Å². The Morgan fingerprint density at radius 3 is 1.00 bits per heavy atom. The molecule has 1 saturated carbocycles. The van der Waals surface area contributed by atoms with E-state index in [1.54, 1.807) is 0 Å². The lowest BCUT2D eigenvalue weighted by Crippen LogP contribution is -2.24. The zero-order chi connectivity index (χ0) is 21.0. The van der Waals surface area contributed by atoms with Crippen LogP contribution in [0.15, 0.2) is 0 Å². The Hall–Kier alpha value is 0. The molecule has 1 aliphatic rings. The zero-order valence-corrected chi connectivity index (χ0v) is 21.0. The van der Waals surface area contributed by atoms with Crippen molar-refractivity contribution in [3.63, 3.8) is 0 Å². The maximum atomic E-state index is 2.43. The van der Waals surface area contributed by atoms with E-state index >= 15 is 0 Å². The van der Waals surface area contributed by atoms with Crippen molar-refractivity contribution in [2.24, 2.45) is 17.8 Å². The summed E-state index contributed by atoms with van der Waals surface area (Å²) in [6.45, 7) is 31.6. The quantitative estimate of drug-likeness (QED) is 0.467. The summed E-state index contributed by atoms with van der Waals surface area (Å²) in [6, 6.07) is 0. The second kappa shape index (κ2) is 56.4. The highest BCUT2D eigenvalue weighted by molar-refractivity contribution is 4.77. The summed E-state index contributed by atoms with van der Waals surface area (Å²) in [5, 5.41) is 0. The van der Waals surface area contributed by atoms with Gasteiger partial charge in [-0.15, -0.1) is 0 Å². The second-order valence-electron chi connectivity index (χ2n) is 5.35. The van der Waals surface area contributed by atoms with Crippen LogP contribution in [0.2, 0.25) is 0 Å². The van der Waals surface area contributed by atoms with E-state index in [0.29, 0.717) is 0 Å². The molecule has 0 bridgehead atoms. The molecule has 1 fully saturated rings. The van der Waals surface area contributed by atoms with Crippen LogP contribution in [0.1, 0.15) is 150 Å². The molecule has 1 rings (SSSR count). The van der Waals surface area contributed by atoms with Crippen molar-refractivity contribution in [2.75, 3.05) is 0 Å². The summed E-state index contributed by atoms with van der Waals surface area (Å²) in [7, 11) is 0. The van der Waals surface area contributed by atoms with Gasteiger partial charge in [0, 0.05) is 0 Å². The van der Waals surface area contributed by atoms with Gasteiger partial charge in [-0.1, -0.05) is 150 Å². The third kappa shape index (κ3) is 45.4. The third-order valence-electron chi connectivity index (χ3n) is 3.43. The van der Waals surface area contributed by atoms with E-state index in [1.165, 1.54) is 38.5 Å². The number of hydrogen-bond acceptors (Lipinski definition) is 0. The van der Waals surface area contributed by atoms with Gasteiger partial charge in [-0.3, -0.25) is 0 Å². The standard InChI is InChI=1S/C10H20.2C3H8.4C2H6.CH4/c1-4-8(2)9(3)10-6-5-7-10;2*1-3-2;4*1-2;/h8-10H,4-7H2,1-3H3;2*3H2,1-2H3;4*1-2H3;1H4. The predicted molar refractivity (Wildman–Crippen MR) is 130 cm³/mol. The first-order valence-electron chi connectivity index (χ1n) is 11.6. The van der Waals surface area contributed by atoms with Crippen LogP contribution in [-0.2, 0) is 0 Å². The molecule has 0 radical (unpaired) electrons. The molecule has 25 heavy (non-hydrogen) atoms. The van der Waals surface area contributed by atoms with E-state index in [4.69, 9.17) is 0 Å². The van der Waals surface area contributed by atoms with Gasteiger partial charge < -0.3 is 0 Å². The SMILES string of the molecule is C.CC.CC.CC.CC.CCC.CCC.CCC(C)C(C)C1CCC1. The number of rotatable bonds is 3. The van der Waals surface area contributed by atoms with Crippen molar-refractivity contribution in [2.45, 2.75) is 150 Å². The molecule has 0 aromatic heterocycles. The van der Waals surface area contributed by atoms with Gasteiger partial charge in [-0.25, -0.2) is 0 Å². The van der Waals surface area contributed by atoms with Gasteiger partial charge >= 0.3 is 0 Å². The maximum absolute atomic E-state index is 2.43. The summed E-state index contributed by atoms with van der Waals surface area (Å²) in [6.07, 6.45) is 8.36. The highest BCUT2D eigenvalue weighted by atomic mass is 14.3. The first-order chi connectivity index (χ1) is 11.6. The molecule has 0 N–H and O–H groups in total. The molecule has 0 aromatic rings. The monoisotopic (exact) mass is 365 g/mol. The van der Waals surface area contributed by atoms with Gasteiger partial charge in [0.2, 0.25) is 0 Å². The Bertz CT molecular complexity index is 106. The van der Waals surface area contributed by atoms with Crippen LogP contribution in [-0.4, -0.2) is 0 Å². The Morgan fingerprint density at radius 2 is 0.880 bits per heavy atom. The van der Waals surface area contributed by atoms with E-state index < -0.39 is 0 Å². The Morgan fingerprint density at radius 1 is 0.640 bits per heavy atom. The topological polar surface area (TPSA) is 0 Å². The summed E-state index contributed by atoms with van der Waals surface area (Å²) in [5.74, 6) is 3.01. The van der Waals surface area contributed by atoms with Crippen LogP contribution < -0.4 is 0 Å². The van der Waals surface area contributed by atoms with Gasteiger partial charge in [0.05, 0.1) is 0 Å². The summed E-state index contributed by atoms with van der Waals surface area (Å²) in [4.78, 5) is 0. The molecule has 2 unspecified atom stereocenters. The summed E-state index contributed by atoms with van der Waals surface area (Å²) in [5.41, 5.74) is 0. The largest absolute Gasteiger partial charge is 0.0776 e. The van der Waals surface area contributed by atoms with Gasteiger partial charge in [-0.05, 0) is 17.8 Å². The molecule has 0 heterocycles. The van der Waals surface area contributed by atoms with Crippen molar-refractivity contribution >= 4 is 0 Å². The predicted octanol–water partition coefficient (Wildman–Crippen LogP) is 11.0. The third-order valence-corrected chi connectivity index (χ3v) is 3.43. The smallest absolute Gasteiger partial charge is 0.0386 e. The van der Waals surface area contributed by atoms with E-state index in [-0.39, 0.29) is 7.43 Å². The molecule has 0 aromatic carbocycles. The van der Waals surface area contributed by atoms with Gasteiger partial charge in [-0.2, -0.15) is 0 Å². The first-order valence-corrected chi connectivity index (χ1v) is 11.6. The molecular weight excluding hydrogens is 300 g/mol. The van der Waals surface area contributed by atoms with Gasteiger partial charge in [0.1, 0.15) is 0 Å². The fraction of sp³-hybridized carbons (Fsp3) is 1.00. The van der Waals surface area contributed by atoms with Gasteiger partial charge in [0.15, 0.2) is 0 Å². The molecule has 2 atom stereocenters. The van der Waals surface area contributed by atoms with Crippen molar-refractivity contribution in [3.8, 4) is 0 Å². The Kier molecular flexibility index (Phi) is 100. The fourth-order valence-electron chi connectivity index (χ4n) is 1.80. The highest BCUT2D eigenvalue weighted by Gasteiger charge is 2.26. The van der Waals surface area contributed by atoms with Crippen molar-refractivity contribution < 1.29 is 0 Å². The van der Waals surface area contributed by atoms with Crippen LogP contribution in [0, 0.1) is 17.8 Å².